The van der Waals surface area contributed by atoms with E-state index in [2.05, 4.69) is 57.8 Å². The van der Waals surface area contributed by atoms with Crippen LogP contribution in [0.3, 0.4) is 0 Å². The van der Waals surface area contributed by atoms with Gasteiger partial charge in [-0.2, -0.15) is 0 Å². The highest BCUT2D eigenvalue weighted by Gasteiger charge is 2.20. The Labute approximate surface area is 199 Å². The van der Waals surface area contributed by atoms with Crippen LogP contribution in [0.5, 0.6) is 11.5 Å². The average molecular weight is 456 g/mol. The van der Waals surface area contributed by atoms with Gasteiger partial charge in [-0.15, -0.1) is 0 Å². The number of benzene rings is 3. The van der Waals surface area contributed by atoms with Gasteiger partial charge in [-0.05, 0) is 47.0 Å². The first kappa shape index (κ1) is 21.9. The molecule has 1 unspecified atom stereocenters. The molecule has 0 spiro atoms. The van der Waals surface area contributed by atoms with Gasteiger partial charge >= 0.3 is 0 Å². The molecule has 0 saturated carbocycles. The number of carbonyl (C=O) groups is 1. The second-order valence-corrected chi connectivity index (χ2v) is 8.79. The Morgan fingerprint density at radius 1 is 1.00 bits per heavy atom. The molecule has 0 radical (unpaired) electrons. The molecule has 174 valence electrons. The minimum absolute atomic E-state index is 0.0218. The zero-order valence-electron chi connectivity index (χ0n) is 19.5. The number of hydrogen-bond acceptors (Lipinski definition) is 4. The molecule has 3 aromatic carbocycles. The normalized spacial score (nSPS) is 13.5. The van der Waals surface area contributed by atoms with E-state index in [0.29, 0.717) is 25.5 Å². The van der Waals surface area contributed by atoms with Crippen molar-refractivity contribution < 1.29 is 14.3 Å². The molecule has 6 heteroatoms. The third-order valence-corrected chi connectivity index (χ3v) is 6.28. The van der Waals surface area contributed by atoms with Crippen LogP contribution < -0.4 is 19.7 Å². The van der Waals surface area contributed by atoms with E-state index in [1.54, 1.807) is 0 Å². The van der Waals surface area contributed by atoms with Gasteiger partial charge in [-0.3, -0.25) is 4.79 Å². The largest absolute Gasteiger partial charge is 0.486 e. The molecule has 0 aliphatic carbocycles. The highest BCUT2D eigenvalue weighted by molar-refractivity contribution is 5.84. The number of hydrogen-bond donors (Lipinski definition) is 2. The molecule has 2 heterocycles. The molecule has 1 aliphatic rings. The Morgan fingerprint density at radius 3 is 2.56 bits per heavy atom. The number of anilines is 1. The summed E-state index contributed by atoms with van der Waals surface area (Å²) in [7, 11) is 4.06. The first-order chi connectivity index (χ1) is 16.6. The summed E-state index contributed by atoms with van der Waals surface area (Å²) >= 11 is 0. The number of rotatable bonds is 7. The number of aromatic nitrogens is 1. The van der Waals surface area contributed by atoms with Crippen molar-refractivity contribution in [2.75, 3.05) is 38.8 Å². The van der Waals surface area contributed by atoms with Crippen LogP contribution >= 0.6 is 0 Å². The molecule has 34 heavy (non-hydrogen) atoms. The van der Waals surface area contributed by atoms with Crippen LogP contribution in [-0.2, 0) is 11.2 Å². The van der Waals surface area contributed by atoms with Crippen LogP contribution in [0.15, 0.2) is 72.9 Å². The summed E-state index contributed by atoms with van der Waals surface area (Å²) in [6, 6.07) is 22.5. The minimum atomic E-state index is -0.0218. The number of H-pyrrole nitrogens is 1. The van der Waals surface area contributed by atoms with Crippen molar-refractivity contribution in [3.05, 3.63) is 89.6 Å². The van der Waals surface area contributed by atoms with Gasteiger partial charge in [-0.25, -0.2) is 0 Å². The maximum Gasteiger partial charge on any atom is 0.224 e. The van der Waals surface area contributed by atoms with Gasteiger partial charge in [0, 0.05) is 49.3 Å². The molecule has 4 aromatic rings. The fourth-order valence-electron chi connectivity index (χ4n) is 4.46. The van der Waals surface area contributed by atoms with E-state index in [0.717, 1.165) is 28.1 Å². The Kier molecular flexibility index (Phi) is 6.12. The highest BCUT2D eigenvalue weighted by atomic mass is 16.6. The number of nitrogens with one attached hydrogen (secondary N) is 2. The summed E-state index contributed by atoms with van der Waals surface area (Å²) in [6.45, 7) is 1.59. The van der Waals surface area contributed by atoms with Gasteiger partial charge in [0.05, 0.1) is 6.42 Å². The number of fused-ring (bicyclic) bond motifs is 2. The number of para-hydroxylation sites is 1. The van der Waals surface area contributed by atoms with Crippen LogP contribution in [0.1, 0.15) is 22.6 Å². The molecule has 0 saturated heterocycles. The predicted molar refractivity (Wildman–Crippen MR) is 135 cm³/mol. The Balaban J connectivity index is 1.36. The topological polar surface area (TPSA) is 66.6 Å². The summed E-state index contributed by atoms with van der Waals surface area (Å²) in [5, 5.41) is 4.34. The van der Waals surface area contributed by atoms with Crippen LogP contribution in [0.4, 0.5) is 5.69 Å². The highest BCUT2D eigenvalue weighted by Crippen LogP contribution is 2.32. The van der Waals surface area contributed by atoms with E-state index in [9.17, 15) is 4.79 Å². The number of aromatic amines is 1. The molecule has 1 atom stereocenters. The lowest BCUT2D eigenvalue weighted by molar-refractivity contribution is -0.120. The van der Waals surface area contributed by atoms with Crippen LogP contribution in [-0.4, -0.2) is 44.7 Å². The smallest absolute Gasteiger partial charge is 0.224 e. The predicted octanol–water partition coefficient (Wildman–Crippen LogP) is 4.50. The molecule has 5 rings (SSSR count). The summed E-state index contributed by atoms with van der Waals surface area (Å²) in [5.74, 6) is 1.44. The van der Waals surface area contributed by atoms with Crippen LogP contribution in [0, 0.1) is 0 Å². The molecular weight excluding hydrogens is 426 g/mol. The van der Waals surface area contributed by atoms with Crippen molar-refractivity contribution in [2.45, 2.75) is 12.3 Å². The second-order valence-electron chi connectivity index (χ2n) is 8.79. The molecule has 0 fully saturated rings. The maximum atomic E-state index is 12.9. The SMILES string of the molecule is CN(C)c1ccc(C(CNC(=O)Cc2ccc3c(c2)OCCO3)c2c[nH]c3ccccc23)cc1. The number of amides is 1. The molecule has 6 nitrogen and oxygen atoms in total. The lowest BCUT2D eigenvalue weighted by atomic mass is 9.90. The zero-order valence-corrected chi connectivity index (χ0v) is 19.5. The first-order valence-corrected chi connectivity index (χ1v) is 11.6. The second kappa shape index (κ2) is 9.51. The van der Waals surface area contributed by atoms with Crippen molar-refractivity contribution in [3.63, 3.8) is 0 Å². The lowest BCUT2D eigenvalue weighted by Crippen LogP contribution is -2.30. The fraction of sp³-hybridized carbons (Fsp3) is 0.250. The number of nitrogens with zero attached hydrogens (tertiary/aromatic N) is 1. The standard InChI is InChI=1S/C28H29N3O3/c1-31(2)21-10-8-20(9-11-21)23(24-18-29-25-6-4-3-5-22(24)25)17-30-28(32)16-19-7-12-26-27(15-19)34-14-13-33-26/h3-12,15,18,23,29H,13-14,16-17H2,1-2H3,(H,30,32). The quantitative estimate of drug-likeness (QED) is 0.431. The maximum absolute atomic E-state index is 12.9. The van der Waals surface area contributed by atoms with E-state index < -0.39 is 0 Å². The van der Waals surface area contributed by atoms with E-state index in [-0.39, 0.29) is 18.2 Å². The van der Waals surface area contributed by atoms with Gasteiger partial charge in [0.15, 0.2) is 11.5 Å². The molecule has 1 aliphatic heterocycles. The summed E-state index contributed by atoms with van der Waals surface area (Å²) < 4.78 is 11.2. The van der Waals surface area contributed by atoms with Crippen molar-refractivity contribution in [1.82, 2.24) is 10.3 Å². The third-order valence-electron chi connectivity index (χ3n) is 6.28. The minimum Gasteiger partial charge on any atom is -0.486 e. The molecular formula is C28H29N3O3. The Bertz CT molecular complexity index is 1290. The van der Waals surface area contributed by atoms with E-state index in [4.69, 9.17) is 9.47 Å². The lowest BCUT2D eigenvalue weighted by Gasteiger charge is -2.20. The van der Waals surface area contributed by atoms with Crippen LogP contribution in [0.25, 0.3) is 10.9 Å². The van der Waals surface area contributed by atoms with Crippen molar-refractivity contribution in [1.29, 1.82) is 0 Å². The molecule has 2 N–H and O–H groups in total. The van der Waals surface area contributed by atoms with Gasteiger partial charge in [0.1, 0.15) is 13.2 Å². The van der Waals surface area contributed by atoms with Crippen molar-refractivity contribution in [2.24, 2.45) is 0 Å². The zero-order chi connectivity index (χ0) is 23.5. The summed E-state index contributed by atoms with van der Waals surface area (Å²) in [5.41, 5.74) is 5.47. The van der Waals surface area contributed by atoms with Gasteiger partial charge in [0.2, 0.25) is 5.91 Å². The van der Waals surface area contributed by atoms with Crippen molar-refractivity contribution in [3.8, 4) is 11.5 Å². The van der Waals surface area contributed by atoms with Crippen molar-refractivity contribution >= 4 is 22.5 Å². The molecule has 1 amide bonds. The third kappa shape index (κ3) is 4.57. The number of carbonyl (C=O) groups excluding carboxylic acids is 1. The number of ether oxygens (including phenoxy) is 2. The van der Waals surface area contributed by atoms with Gasteiger partial charge < -0.3 is 24.7 Å². The Morgan fingerprint density at radius 2 is 1.76 bits per heavy atom. The first-order valence-electron chi connectivity index (χ1n) is 11.6. The van der Waals surface area contributed by atoms with Gasteiger partial charge in [0.25, 0.3) is 0 Å². The Hall–Kier alpha value is -3.93. The summed E-state index contributed by atoms with van der Waals surface area (Å²) in [6.07, 6.45) is 2.35. The van der Waals surface area contributed by atoms with E-state index >= 15 is 0 Å². The molecule has 0 bridgehead atoms. The van der Waals surface area contributed by atoms with E-state index in [1.165, 1.54) is 10.9 Å². The van der Waals surface area contributed by atoms with Crippen LogP contribution in [0.2, 0.25) is 0 Å². The summed E-state index contributed by atoms with van der Waals surface area (Å²) in [4.78, 5) is 18.4. The van der Waals surface area contributed by atoms with Gasteiger partial charge in [-0.1, -0.05) is 36.4 Å². The molecule has 1 aromatic heterocycles. The van der Waals surface area contributed by atoms with E-state index in [1.807, 2.05) is 44.4 Å². The average Bonchev–Trinajstić information content (AvgIpc) is 3.28. The fourth-order valence-corrected chi connectivity index (χ4v) is 4.46. The monoisotopic (exact) mass is 455 g/mol.